The third kappa shape index (κ3) is 3.14. The average molecular weight is 300 g/mol. The van der Waals surface area contributed by atoms with Crippen molar-refractivity contribution in [3.8, 4) is 0 Å². The zero-order valence-electron chi connectivity index (χ0n) is 12.6. The Morgan fingerprint density at radius 2 is 2.10 bits per heavy atom. The third-order valence-corrected chi connectivity index (χ3v) is 4.82. The Hall–Kier alpha value is -1.72. The second-order valence-corrected chi connectivity index (χ2v) is 6.60. The van der Waals surface area contributed by atoms with Crippen LogP contribution in [0.4, 0.5) is 0 Å². The molecule has 5 heteroatoms. The number of fused-ring (bicyclic) bond motifs is 1. The van der Waals surface area contributed by atoms with Crippen molar-refractivity contribution in [1.29, 1.82) is 0 Å². The van der Waals surface area contributed by atoms with Gasteiger partial charge >= 0.3 is 0 Å². The summed E-state index contributed by atoms with van der Waals surface area (Å²) < 4.78 is 3.27. The molecule has 2 aromatic heterocycles. The second kappa shape index (κ2) is 5.95. The Balaban J connectivity index is 1.63. The van der Waals surface area contributed by atoms with Crippen molar-refractivity contribution in [2.24, 2.45) is 0 Å². The molecule has 21 heavy (non-hydrogen) atoms. The van der Waals surface area contributed by atoms with Gasteiger partial charge in [0, 0.05) is 18.8 Å². The van der Waals surface area contributed by atoms with Crippen LogP contribution in [0.25, 0.3) is 10.2 Å². The topological polar surface area (TPSA) is 42.7 Å². The number of nitrogens with zero attached hydrogens (tertiary/aromatic N) is 3. The quantitative estimate of drug-likeness (QED) is 0.783. The molecule has 0 bridgehead atoms. The fourth-order valence-corrected chi connectivity index (χ4v) is 3.22. The van der Waals surface area contributed by atoms with E-state index >= 15 is 0 Å². The summed E-state index contributed by atoms with van der Waals surface area (Å²) in [4.78, 5) is 4.65. The Morgan fingerprint density at radius 1 is 1.29 bits per heavy atom. The van der Waals surface area contributed by atoms with Crippen LogP contribution in [-0.4, -0.2) is 20.8 Å². The minimum Gasteiger partial charge on any atom is -0.306 e. The summed E-state index contributed by atoms with van der Waals surface area (Å²) in [7, 11) is 0. The van der Waals surface area contributed by atoms with Gasteiger partial charge in [-0.05, 0) is 38.5 Å². The molecule has 0 amide bonds. The Morgan fingerprint density at radius 3 is 2.81 bits per heavy atom. The van der Waals surface area contributed by atoms with Crippen molar-refractivity contribution >= 4 is 21.6 Å². The van der Waals surface area contributed by atoms with Gasteiger partial charge in [0.05, 0.1) is 22.5 Å². The molecule has 1 N–H and O–H groups in total. The number of nitrogens with one attached hydrogen (secondary N) is 1. The highest BCUT2D eigenvalue weighted by atomic mass is 32.1. The molecule has 1 aromatic carbocycles. The number of para-hydroxylation sites is 1. The zero-order valence-corrected chi connectivity index (χ0v) is 13.4. The predicted octanol–water partition coefficient (Wildman–Crippen LogP) is 3.54. The maximum absolute atomic E-state index is 4.65. The molecule has 0 aliphatic carbocycles. The number of aryl methyl sites for hydroxylation is 1. The lowest BCUT2D eigenvalue weighted by molar-refractivity contribution is 0.365. The van der Waals surface area contributed by atoms with E-state index in [1.54, 1.807) is 11.3 Å². The molecule has 110 valence electrons. The molecule has 0 saturated carbocycles. The Bertz CT molecular complexity index is 698. The zero-order chi connectivity index (χ0) is 14.8. The van der Waals surface area contributed by atoms with Crippen molar-refractivity contribution in [1.82, 2.24) is 20.1 Å². The lowest BCUT2D eigenvalue weighted by Gasteiger charge is -2.21. The standard InChI is InChI=1S/C16H20N4S/c1-11-8-18-20(10-11)13(3)12(2)17-9-16-19-14-6-4-5-7-15(14)21-16/h4-8,10,12-13,17H,9H2,1-3H3. The molecule has 0 saturated heterocycles. The number of rotatable bonds is 5. The summed E-state index contributed by atoms with van der Waals surface area (Å²) in [6, 6.07) is 8.92. The van der Waals surface area contributed by atoms with E-state index in [9.17, 15) is 0 Å². The van der Waals surface area contributed by atoms with E-state index < -0.39 is 0 Å². The van der Waals surface area contributed by atoms with Gasteiger partial charge < -0.3 is 5.32 Å². The van der Waals surface area contributed by atoms with E-state index in [-0.39, 0.29) is 0 Å². The van der Waals surface area contributed by atoms with Crippen molar-refractivity contribution in [3.63, 3.8) is 0 Å². The van der Waals surface area contributed by atoms with Crippen LogP contribution < -0.4 is 5.32 Å². The highest BCUT2D eigenvalue weighted by Gasteiger charge is 2.15. The lowest BCUT2D eigenvalue weighted by Crippen LogP contribution is -2.33. The largest absolute Gasteiger partial charge is 0.306 e. The summed E-state index contributed by atoms with van der Waals surface area (Å²) in [6.07, 6.45) is 3.98. The maximum atomic E-state index is 4.65. The molecule has 3 rings (SSSR count). The third-order valence-electron chi connectivity index (χ3n) is 3.78. The Labute approximate surface area is 128 Å². The summed E-state index contributed by atoms with van der Waals surface area (Å²) >= 11 is 1.75. The first-order valence-electron chi connectivity index (χ1n) is 7.22. The van der Waals surface area contributed by atoms with Gasteiger partial charge in [0.2, 0.25) is 0 Å². The van der Waals surface area contributed by atoms with Crippen molar-refractivity contribution in [2.45, 2.75) is 39.4 Å². The first-order chi connectivity index (χ1) is 10.1. The number of benzene rings is 1. The van der Waals surface area contributed by atoms with Crippen LogP contribution >= 0.6 is 11.3 Å². The number of thiazole rings is 1. The van der Waals surface area contributed by atoms with Crippen LogP contribution in [-0.2, 0) is 6.54 Å². The highest BCUT2D eigenvalue weighted by Crippen LogP contribution is 2.21. The summed E-state index contributed by atoms with van der Waals surface area (Å²) in [5.74, 6) is 0. The monoisotopic (exact) mass is 300 g/mol. The minimum absolute atomic E-state index is 0.313. The van der Waals surface area contributed by atoms with Crippen LogP contribution in [0, 0.1) is 6.92 Å². The fourth-order valence-electron chi connectivity index (χ4n) is 2.30. The van der Waals surface area contributed by atoms with Gasteiger partial charge in [-0.25, -0.2) is 4.98 Å². The molecular weight excluding hydrogens is 280 g/mol. The van der Waals surface area contributed by atoms with Gasteiger partial charge in [0.25, 0.3) is 0 Å². The van der Waals surface area contributed by atoms with Crippen molar-refractivity contribution < 1.29 is 0 Å². The van der Waals surface area contributed by atoms with Gasteiger partial charge in [0.1, 0.15) is 5.01 Å². The van der Waals surface area contributed by atoms with E-state index in [2.05, 4.69) is 60.6 Å². The van der Waals surface area contributed by atoms with E-state index in [0.29, 0.717) is 12.1 Å². The number of hydrogen-bond acceptors (Lipinski definition) is 4. The van der Waals surface area contributed by atoms with Crippen LogP contribution in [0.15, 0.2) is 36.7 Å². The van der Waals surface area contributed by atoms with E-state index in [0.717, 1.165) is 17.1 Å². The van der Waals surface area contributed by atoms with Crippen molar-refractivity contribution in [3.05, 3.63) is 47.2 Å². The molecule has 0 radical (unpaired) electrons. The minimum atomic E-state index is 0.313. The molecule has 2 heterocycles. The van der Waals surface area contributed by atoms with Gasteiger partial charge in [-0.2, -0.15) is 5.10 Å². The smallest absolute Gasteiger partial charge is 0.108 e. The van der Waals surface area contributed by atoms with E-state index in [1.807, 2.05) is 16.9 Å². The summed E-state index contributed by atoms with van der Waals surface area (Å²) in [5, 5.41) is 9.08. The van der Waals surface area contributed by atoms with E-state index in [1.165, 1.54) is 10.3 Å². The molecule has 4 nitrogen and oxygen atoms in total. The van der Waals surface area contributed by atoms with Crippen LogP contribution in [0.1, 0.15) is 30.5 Å². The highest BCUT2D eigenvalue weighted by molar-refractivity contribution is 7.18. The second-order valence-electron chi connectivity index (χ2n) is 5.48. The first-order valence-corrected chi connectivity index (χ1v) is 8.04. The SMILES string of the molecule is Cc1cnn(C(C)C(C)NCc2nc3ccccc3s2)c1. The molecule has 2 atom stereocenters. The molecule has 0 fully saturated rings. The van der Waals surface area contributed by atoms with Crippen molar-refractivity contribution in [2.75, 3.05) is 0 Å². The summed E-state index contributed by atoms with van der Waals surface area (Å²) in [5.41, 5.74) is 2.28. The number of aromatic nitrogens is 3. The van der Waals surface area contributed by atoms with Crippen LogP contribution in [0.5, 0.6) is 0 Å². The molecule has 0 aliphatic rings. The van der Waals surface area contributed by atoms with Gasteiger partial charge in [-0.15, -0.1) is 11.3 Å². The van der Waals surface area contributed by atoms with Crippen LogP contribution in [0.2, 0.25) is 0 Å². The van der Waals surface area contributed by atoms with E-state index in [4.69, 9.17) is 0 Å². The van der Waals surface area contributed by atoms with Crippen LogP contribution in [0.3, 0.4) is 0 Å². The molecule has 0 aliphatic heterocycles. The summed E-state index contributed by atoms with van der Waals surface area (Å²) in [6.45, 7) is 7.23. The van der Waals surface area contributed by atoms with Gasteiger partial charge in [-0.1, -0.05) is 12.1 Å². The Kier molecular flexibility index (Phi) is 4.03. The lowest BCUT2D eigenvalue weighted by atomic mass is 10.2. The molecule has 2 unspecified atom stereocenters. The average Bonchev–Trinajstić information content (AvgIpc) is 3.09. The normalized spacial score (nSPS) is 14.4. The van der Waals surface area contributed by atoms with Gasteiger partial charge in [-0.3, -0.25) is 4.68 Å². The van der Waals surface area contributed by atoms with Gasteiger partial charge in [0.15, 0.2) is 0 Å². The predicted molar refractivity (Wildman–Crippen MR) is 87.6 cm³/mol. The first kappa shape index (κ1) is 14.2. The molecule has 3 aromatic rings. The molecular formula is C16H20N4S. The molecule has 0 spiro atoms. The fraction of sp³-hybridized carbons (Fsp3) is 0.375. The number of hydrogen-bond donors (Lipinski definition) is 1. The maximum Gasteiger partial charge on any atom is 0.108 e.